The maximum Gasteiger partial charge on any atom is 0.134 e. The van der Waals surface area contributed by atoms with Gasteiger partial charge in [0.2, 0.25) is 0 Å². The molecule has 5 nitrogen and oxygen atoms in total. The van der Waals surface area contributed by atoms with Gasteiger partial charge in [-0.05, 0) is 105 Å². The van der Waals surface area contributed by atoms with E-state index in [1.807, 2.05) is 11.3 Å². The van der Waals surface area contributed by atoms with E-state index in [4.69, 9.17) is 17.5 Å². The summed E-state index contributed by atoms with van der Waals surface area (Å²) in [4.78, 5) is 11.1. The molecule has 15 heteroatoms. The van der Waals surface area contributed by atoms with E-state index in [1.165, 1.54) is 50.1 Å². The smallest absolute Gasteiger partial charge is 0.134 e. The molecule has 0 saturated heterocycles. The minimum Gasteiger partial charge on any atom is -0.339 e. The van der Waals surface area contributed by atoms with Crippen molar-refractivity contribution in [3.8, 4) is 61.3 Å². The van der Waals surface area contributed by atoms with Gasteiger partial charge in [0.05, 0.1) is 55.0 Å². The molecule has 11 aromatic rings. The van der Waals surface area contributed by atoms with Crippen LogP contribution in [0, 0.1) is 24.5 Å². The summed E-state index contributed by atoms with van der Waals surface area (Å²) in [5.74, 6) is -0.151. The fourth-order valence-electron chi connectivity index (χ4n) is 9.07. The van der Waals surface area contributed by atoms with E-state index < -0.39 is 0 Å². The van der Waals surface area contributed by atoms with Crippen LogP contribution in [0.25, 0.3) is 104 Å². The first kappa shape index (κ1) is 44.4. The second kappa shape index (κ2) is 18.8. The van der Waals surface area contributed by atoms with Crippen LogP contribution in [0.2, 0.25) is 0 Å². The van der Waals surface area contributed by atoms with Gasteiger partial charge < -0.3 is 4.57 Å². The van der Waals surface area contributed by atoms with Crippen LogP contribution in [-0.4, -0.2) is 22.1 Å². The lowest BCUT2D eigenvalue weighted by Crippen LogP contribution is -2.09. The van der Waals surface area contributed by atoms with E-state index in [1.54, 1.807) is 68.8 Å². The van der Waals surface area contributed by atoms with Crippen LogP contribution in [0.1, 0.15) is 81.9 Å². The maximum atomic E-state index is 16.9. The Morgan fingerprint density at radius 1 is 0.515 bits per heavy atom. The number of hydrogen-bond donors (Lipinski definition) is 0. The van der Waals surface area contributed by atoms with E-state index in [2.05, 4.69) is 92.9 Å². The molecule has 0 bridgehead atoms. The van der Waals surface area contributed by atoms with E-state index in [-0.39, 0.29) is 11.6 Å². The molecule has 336 valence electrons. The highest BCUT2D eigenvalue weighted by Gasteiger charge is 2.27. The van der Waals surface area contributed by atoms with Crippen molar-refractivity contribution < 1.29 is 8.78 Å². The van der Waals surface area contributed by atoms with Crippen LogP contribution in [-0.2, 0) is 13.0 Å². The first-order valence-corrected chi connectivity index (χ1v) is 29.0. The second-order valence-electron chi connectivity index (χ2n) is 17.0. The van der Waals surface area contributed by atoms with Crippen molar-refractivity contribution in [3.05, 3.63) is 94.2 Å². The van der Waals surface area contributed by atoms with Crippen molar-refractivity contribution in [1.82, 2.24) is 22.1 Å². The van der Waals surface area contributed by atoms with Crippen LogP contribution in [0.3, 0.4) is 0 Å². The highest BCUT2D eigenvalue weighted by Crippen LogP contribution is 2.51. The molecule has 0 radical (unpaired) electrons. The lowest BCUT2D eigenvalue weighted by molar-refractivity contribution is 0.401. The summed E-state index contributed by atoms with van der Waals surface area (Å²) in [5, 5.41) is 0. The van der Waals surface area contributed by atoms with Crippen LogP contribution < -0.4 is 0 Å². The molecule has 0 N–H and O–H groups in total. The Morgan fingerprint density at radius 2 is 1.03 bits per heavy atom. The summed E-state index contributed by atoms with van der Waals surface area (Å²) in [7, 11) is 0. The SMILES string of the molecule is CCCCCCc1ccc(-c2ccc(-c3cc(F)c(-c4cc5c(s4)c4sc(-c6c(F)cc(-c7ccc(-c8ccc(C)s8)s7)c7nsnc67)cc4n5CC(CC)CCCC)c4nsnc34)s2)s1. The molecule has 11 rings (SSSR count). The normalized spacial score (nSPS) is 12.6. The number of unbranched alkanes of at least 4 members (excludes halogenated alkanes) is 4. The first-order chi connectivity index (χ1) is 32.3. The highest BCUT2D eigenvalue weighted by atomic mass is 32.1. The second-order valence-corrected chi connectivity index (χ2v) is 24.8. The summed E-state index contributed by atoms with van der Waals surface area (Å²) in [6, 6.07) is 24.8. The standard InChI is InChI=1S/C51H45F2N5S8/c1-5-8-10-11-13-29-15-17-39(60-29)41-21-19-37(62-41)31-23-33(53)45(49-47(31)55-66-57-49)43-25-35-51(64-43)50-34(58(35)26-28(7-3)12-9-6-2)24-42(63-50)44-32(52)22-30(46-48(44)56-65-54-46)36-18-20-40(61-36)38-16-14-27(4)59-38/h14-25,28H,5-13,26H2,1-4H3. The third-order valence-electron chi connectivity index (χ3n) is 12.6. The maximum absolute atomic E-state index is 16.9. The van der Waals surface area contributed by atoms with Crippen LogP contribution in [0.4, 0.5) is 8.78 Å². The topological polar surface area (TPSA) is 56.5 Å². The van der Waals surface area contributed by atoms with Crippen molar-refractivity contribution in [2.45, 2.75) is 92.0 Å². The molecular weight excluding hydrogens is 977 g/mol. The lowest BCUT2D eigenvalue weighted by Gasteiger charge is -2.16. The number of thiophene rings is 6. The van der Waals surface area contributed by atoms with E-state index in [0.29, 0.717) is 28.1 Å². The number of aryl methyl sites for hydroxylation is 2. The van der Waals surface area contributed by atoms with Crippen molar-refractivity contribution in [1.29, 1.82) is 0 Å². The number of aromatic nitrogens is 5. The zero-order valence-corrected chi connectivity index (χ0v) is 43.4. The minimum atomic E-state index is -0.309. The van der Waals surface area contributed by atoms with Gasteiger partial charge in [-0.2, -0.15) is 17.5 Å². The molecule has 0 aliphatic carbocycles. The molecule has 0 aliphatic rings. The molecule has 0 amide bonds. The van der Waals surface area contributed by atoms with Crippen LogP contribution in [0.5, 0.6) is 0 Å². The molecule has 1 atom stereocenters. The number of benzene rings is 2. The number of halogens is 2. The van der Waals surface area contributed by atoms with Gasteiger partial charge in [0.1, 0.15) is 33.7 Å². The van der Waals surface area contributed by atoms with Gasteiger partial charge in [0, 0.05) is 66.4 Å². The van der Waals surface area contributed by atoms with Gasteiger partial charge in [0.25, 0.3) is 0 Å². The monoisotopic (exact) mass is 1020 g/mol. The fourth-order valence-corrected chi connectivity index (χ4v) is 16.9. The average molecular weight is 1020 g/mol. The quantitative estimate of drug-likeness (QED) is 0.0853. The van der Waals surface area contributed by atoms with Crippen LogP contribution in [0.15, 0.2) is 72.8 Å². The molecule has 0 saturated carbocycles. The summed E-state index contributed by atoms with van der Waals surface area (Å²) in [6.45, 7) is 9.69. The Labute approximate surface area is 414 Å². The zero-order valence-electron chi connectivity index (χ0n) is 36.8. The Balaban J connectivity index is 0.979. The number of hydrogen-bond acceptors (Lipinski definition) is 12. The van der Waals surface area contributed by atoms with Gasteiger partial charge in [-0.15, -0.1) is 68.0 Å². The largest absolute Gasteiger partial charge is 0.339 e. The molecule has 66 heavy (non-hydrogen) atoms. The number of rotatable bonds is 17. The summed E-state index contributed by atoms with van der Waals surface area (Å²) >= 11 is 12.4. The van der Waals surface area contributed by atoms with Crippen LogP contribution >= 0.6 is 91.5 Å². The van der Waals surface area contributed by atoms with E-state index in [0.717, 1.165) is 129 Å². The molecule has 0 spiro atoms. The lowest BCUT2D eigenvalue weighted by atomic mass is 9.99. The Bertz CT molecular complexity index is 3510. The van der Waals surface area contributed by atoms with Gasteiger partial charge in [0.15, 0.2) is 0 Å². The molecule has 1 unspecified atom stereocenters. The number of nitrogens with zero attached hydrogens (tertiary/aromatic N) is 5. The summed E-state index contributed by atoms with van der Waals surface area (Å²) in [6.07, 6.45) is 10.6. The predicted molar refractivity (Wildman–Crippen MR) is 287 cm³/mol. The molecule has 0 aliphatic heterocycles. The fraction of sp³-hybridized carbons (Fsp3) is 0.294. The Hall–Kier alpha value is -4.06. The Morgan fingerprint density at radius 3 is 1.58 bits per heavy atom. The van der Waals surface area contributed by atoms with Gasteiger partial charge in [-0.25, -0.2) is 8.78 Å². The number of fused-ring (bicyclic) bond motifs is 5. The molecule has 9 aromatic heterocycles. The van der Waals surface area contributed by atoms with Crippen molar-refractivity contribution in [2.24, 2.45) is 5.92 Å². The Kier molecular flexibility index (Phi) is 12.7. The third kappa shape index (κ3) is 8.14. The summed E-state index contributed by atoms with van der Waals surface area (Å²) in [5.41, 5.74) is 7.28. The predicted octanol–water partition coefficient (Wildman–Crippen LogP) is 19.1. The van der Waals surface area contributed by atoms with Crippen molar-refractivity contribution in [3.63, 3.8) is 0 Å². The summed E-state index contributed by atoms with van der Waals surface area (Å²) < 4.78 is 57.3. The van der Waals surface area contributed by atoms with E-state index in [9.17, 15) is 0 Å². The molecule has 0 fully saturated rings. The zero-order chi connectivity index (χ0) is 45.1. The van der Waals surface area contributed by atoms with Gasteiger partial charge in [-0.3, -0.25) is 0 Å². The molecule has 9 heterocycles. The molecular formula is C51H45F2N5S8. The van der Waals surface area contributed by atoms with Gasteiger partial charge in [-0.1, -0.05) is 59.3 Å². The van der Waals surface area contributed by atoms with Crippen molar-refractivity contribution in [2.75, 3.05) is 0 Å². The first-order valence-electron chi connectivity index (χ1n) is 22.6. The third-order valence-corrected chi connectivity index (χ3v) is 20.9. The van der Waals surface area contributed by atoms with E-state index >= 15 is 8.78 Å². The van der Waals surface area contributed by atoms with Crippen molar-refractivity contribution >= 4 is 134 Å². The highest BCUT2D eigenvalue weighted by molar-refractivity contribution is 7.30. The average Bonchev–Trinajstić information content (AvgIpc) is 4.16. The minimum absolute atomic E-state index is 0.303. The molecule has 2 aromatic carbocycles. The van der Waals surface area contributed by atoms with Gasteiger partial charge >= 0.3 is 0 Å².